The predicted molar refractivity (Wildman–Crippen MR) is 165 cm³/mol. The lowest BCUT2D eigenvalue weighted by atomic mass is 10.00. The Hall–Kier alpha value is -3.57. The number of alkyl carbamates (subject to hydrolysis) is 1. The van der Waals surface area contributed by atoms with Crippen LogP contribution in [0.3, 0.4) is 0 Å². The number of carbonyl (C=O) groups is 4. The van der Waals surface area contributed by atoms with Gasteiger partial charge >= 0.3 is 6.09 Å². The molecular formula is C31H44N4O6S. The number of hydrogen-bond donors (Lipinski definition) is 4. The number of benzene rings is 2. The monoisotopic (exact) mass is 600 g/mol. The summed E-state index contributed by atoms with van der Waals surface area (Å²) >= 11 is 1.64. The van der Waals surface area contributed by atoms with Crippen LogP contribution in [0.1, 0.15) is 51.3 Å². The molecule has 0 bridgehead atoms. The number of aryl methyl sites for hydroxylation is 1. The van der Waals surface area contributed by atoms with Gasteiger partial charge in [0.05, 0.1) is 11.9 Å². The van der Waals surface area contributed by atoms with Crippen LogP contribution in [0, 0.1) is 6.92 Å². The van der Waals surface area contributed by atoms with Crippen LogP contribution in [-0.2, 0) is 32.1 Å². The van der Waals surface area contributed by atoms with E-state index < -0.39 is 35.7 Å². The van der Waals surface area contributed by atoms with E-state index in [-0.39, 0.29) is 17.7 Å². The van der Waals surface area contributed by atoms with Crippen LogP contribution in [0.4, 0.5) is 4.79 Å². The van der Waals surface area contributed by atoms with Crippen molar-refractivity contribution in [1.29, 1.82) is 0 Å². The normalized spacial score (nSPS) is 15.4. The number of hydrogen-bond acceptors (Lipinski definition) is 7. The lowest BCUT2D eigenvalue weighted by Crippen LogP contribution is -2.54. The van der Waals surface area contributed by atoms with Gasteiger partial charge in [-0.15, -0.1) is 11.8 Å². The Morgan fingerprint density at radius 3 is 2.31 bits per heavy atom. The highest BCUT2D eigenvalue weighted by Gasteiger charge is 2.38. The van der Waals surface area contributed by atoms with Crippen LogP contribution >= 0.6 is 11.8 Å². The number of rotatable bonds is 10. The van der Waals surface area contributed by atoms with Crippen LogP contribution in [-0.4, -0.2) is 75.8 Å². The molecule has 42 heavy (non-hydrogen) atoms. The van der Waals surface area contributed by atoms with Crippen LogP contribution in [0.2, 0.25) is 0 Å². The van der Waals surface area contributed by atoms with Gasteiger partial charge in [0, 0.05) is 17.8 Å². The number of nitrogens with zero attached hydrogens (tertiary/aromatic N) is 1. The molecule has 1 fully saturated rings. The molecular weight excluding hydrogens is 556 g/mol. The maximum absolute atomic E-state index is 12.9. The van der Waals surface area contributed by atoms with Crippen molar-refractivity contribution in [3.8, 4) is 0 Å². The molecule has 0 spiro atoms. The van der Waals surface area contributed by atoms with Gasteiger partial charge in [0.1, 0.15) is 12.1 Å². The molecule has 1 saturated heterocycles. The molecule has 0 unspecified atom stereocenters. The van der Waals surface area contributed by atoms with E-state index in [1.54, 1.807) is 37.4 Å². The quantitative estimate of drug-likeness (QED) is 0.308. The summed E-state index contributed by atoms with van der Waals surface area (Å²) in [6, 6.07) is 16.5. The van der Waals surface area contributed by atoms with Gasteiger partial charge in [-0.3, -0.25) is 14.4 Å². The van der Waals surface area contributed by atoms with Gasteiger partial charge in [-0.05, 0) is 64.7 Å². The second-order valence-electron chi connectivity index (χ2n) is 11.7. The Morgan fingerprint density at radius 1 is 1.10 bits per heavy atom. The first-order valence-corrected chi connectivity index (χ1v) is 14.8. The van der Waals surface area contributed by atoms with E-state index in [1.807, 2.05) is 75.4 Å². The third kappa shape index (κ3) is 12.5. The number of ether oxygens (including phenoxy) is 1. The van der Waals surface area contributed by atoms with Gasteiger partial charge in [0.25, 0.3) is 5.91 Å². The number of nitrogens with one attached hydrogen (secondary N) is 3. The first kappa shape index (κ1) is 34.6. The highest BCUT2D eigenvalue weighted by atomic mass is 32.2. The minimum absolute atomic E-state index is 0.0785. The fourth-order valence-electron chi connectivity index (χ4n) is 4.10. The Morgan fingerprint density at radius 2 is 1.74 bits per heavy atom. The second kappa shape index (κ2) is 16.2. The molecule has 2 aromatic rings. The van der Waals surface area contributed by atoms with Gasteiger partial charge in [-0.2, -0.15) is 0 Å². The maximum Gasteiger partial charge on any atom is 0.408 e. The molecule has 2 atom stereocenters. The van der Waals surface area contributed by atoms with Crippen LogP contribution in [0.25, 0.3) is 0 Å². The molecule has 1 heterocycles. The number of thioether (sulfide) groups is 1. The first-order chi connectivity index (χ1) is 19.7. The van der Waals surface area contributed by atoms with Crippen molar-refractivity contribution in [2.45, 2.75) is 77.0 Å². The van der Waals surface area contributed by atoms with E-state index in [4.69, 9.17) is 4.74 Å². The molecule has 10 nitrogen and oxygen atoms in total. The zero-order valence-electron chi connectivity index (χ0n) is 25.3. The molecule has 0 saturated carbocycles. The molecule has 4 amide bonds. The zero-order valence-corrected chi connectivity index (χ0v) is 26.1. The summed E-state index contributed by atoms with van der Waals surface area (Å²) in [5.41, 5.74) is 2.57. The molecule has 1 aliphatic rings. The first-order valence-electron chi connectivity index (χ1n) is 13.8. The predicted octanol–water partition coefficient (Wildman–Crippen LogP) is 3.15. The molecule has 230 valence electrons. The summed E-state index contributed by atoms with van der Waals surface area (Å²) in [6.07, 6.45) is -1.13. The fourth-order valence-corrected chi connectivity index (χ4v) is 5.07. The van der Waals surface area contributed by atoms with Crippen molar-refractivity contribution >= 4 is 36.1 Å². The van der Waals surface area contributed by atoms with Crippen molar-refractivity contribution in [2.75, 3.05) is 19.0 Å². The summed E-state index contributed by atoms with van der Waals surface area (Å²) in [7, 11) is 0. The average Bonchev–Trinajstić information content (AvgIpc) is 3.30. The van der Waals surface area contributed by atoms with E-state index in [0.29, 0.717) is 25.4 Å². The molecule has 0 radical (unpaired) electrons. The molecule has 2 aromatic carbocycles. The Bertz CT molecular complexity index is 1190. The molecule has 0 aliphatic carbocycles. The van der Waals surface area contributed by atoms with E-state index >= 15 is 0 Å². The number of carbonyl (C=O) groups excluding carboxylic acids is 4. The number of aliphatic hydroxyl groups is 1. The van der Waals surface area contributed by atoms with E-state index in [2.05, 4.69) is 16.0 Å². The van der Waals surface area contributed by atoms with Crippen molar-refractivity contribution in [1.82, 2.24) is 20.9 Å². The summed E-state index contributed by atoms with van der Waals surface area (Å²) in [6.45, 7) is 12.1. The SMILES string of the molecule is CC(C)(C)OC(=O)NCC(=O)N[C@@H](Cc1ccccc1)[C@H](O)C(=O)N1CSC(C)(C)C1.Cc1ccccc1CNC=O. The largest absolute Gasteiger partial charge is 0.444 e. The maximum atomic E-state index is 12.9. The van der Waals surface area contributed by atoms with Gasteiger partial charge in [0.15, 0.2) is 6.10 Å². The van der Waals surface area contributed by atoms with Crippen molar-refractivity contribution in [3.63, 3.8) is 0 Å². The molecule has 3 rings (SSSR count). The van der Waals surface area contributed by atoms with Crippen molar-refractivity contribution in [3.05, 3.63) is 71.3 Å². The molecule has 1 aliphatic heterocycles. The van der Waals surface area contributed by atoms with E-state index in [9.17, 15) is 24.3 Å². The van der Waals surface area contributed by atoms with E-state index in [0.717, 1.165) is 5.56 Å². The van der Waals surface area contributed by atoms with Gasteiger partial charge < -0.3 is 30.7 Å². The Kier molecular flexibility index (Phi) is 13.3. The topological polar surface area (TPSA) is 137 Å². The van der Waals surface area contributed by atoms with Crippen LogP contribution < -0.4 is 16.0 Å². The third-order valence-corrected chi connectivity index (χ3v) is 7.55. The summed E-state index contributed by atoms with van der Waals surface area (Å²) in [4.78, 5) is 48.7. The van der Waals surface area contributed by atoms with Crippen molar-refractivity contribution < 1.29 is 29.0 Å². The Labute approximate surface area is 253 Å². The minimum Gasteiger partial charge on any atom is -0.444 e. The number of amides is 4. The standard InChI is InChI=1S/C22H33N3O5S.C9H11NO/c1-21(2,3)30-20(29)23-12-17(26)24-16(11-15-9-7-6-8-10-15)18(27)19(28)25-13-22(4,5)31-14-25;1-8-4-2-3-5-9(8)6-10-7-11/h6-10,16,18,27H,11-14H2,1-5H3,(H,23,29)(H,24,26);2-5,7H,6H2,1H3,(H,10,11)/t16-,18-;/m0./s1. The highest BCUT2D eigenvalue weighted by Crippen LogP contribution is 2.33. The lowest BCUT2D eigenvalue weighted by Gasteiger charge is -2.28. The third-order valence-electron chi connectivity index (χ3n) is 6.20. The van der Waals surface area contributed by atoms with Crippen molar-refractivity contribution in [2.24, 2.45) is 0 Å². The zero-order chi connectivity index (χ0) is 31.3. The molecule has 11 heteroatoms. The smallest absolute Gasteiger partial charge is 0.408 e. The molecule has 0 aromatic heterocycles. The highest BCUT2D eigenvalue weighted by molar-refractivity contribution is 8.00. The average molecular weight is 601 g/mol. The Balaban J connectivity index is 0.000000468. The van der Waals surface area contributed by atoms with Gasteiger partial charge in [-0.1, -0.05) is 54.6 Å². The number of aliphatic hydroxyl groups excluding tert-OH is 1. The van der Waals surface area contributed by atoms with Gasteiger partial charge in [-0.25, -0.2) is 4.79 Å². The summed E-state index contributed by atoms with van der Waals surface area (Å²) < 4.78 is 5.04. The second-order valence-corrected chi connectivity index (χ2v) is 13.3. The van der Waals surface area contributed by atoms with E-state index in [1.165, 1.54) is 11.1 Å². The lowest BCUT2D eigenvalue weighted by molar-refractivity contribution is -0.141. The summed E-state index contributed by atoms with van der Waals surface area (Å²) in [5.74, 6) is -0.441. The fraction of sp³-hybridized carbons (Fsp3) is 0.484. The molecule has 4 N–H and O–H groups in total. The van der Waals surface area contributed by atoms with Gasteiger partial charge in [0.2, 0.25) is 12.3 Å². The minimum atomic E-state index is -1.40. The van der Waals surface area contributed by atoms with Crippen LogP contribution in [0.15, 0.2) is 54.6 Å². The summed E-state index contributed by atoms with van der Waals surface area (Å²) in [5, 5.41) is 18.5. The van der Waals surface area contributed by atoms with Crippen LogP contribution in [0.5, 0.6) is 0 Å².